The maximum Gasteiger partial charge on any atom is 0.122 e. The fourth-order valence-electron chi connectivity index (χ4n) is 1.80. The zero-order valence-corrected chi connectivity index (χ0v) is 12.6. The Bertz CT molecular complexity index is 379. The lowest BCUT2D eigenvalue weighted by Crippen LogP contribution is -2.42. The van der Waals surface area contributed by atoms with Gasteiger partial charge in [0.05, 0.1) is 0 Å². The molecule has 0 heterocycles. The molecule has 0 bridgehead atoms. The molecule has 1 rings (SSSR count). The van der Waals surface area contributed by atoms with Crippen LogP contribution in [0.2, 0.25) is 0 Å². The summed E-state index contributed by atoms with van der Waals surface area (Å²) in [6, 6.07) is 6.34. The molecule has 1 unspecified atom stereocenters. The Balaban J connectivity index is 2.62. The molecule has 0 aliphatic heterocycles. The lowest BCUT2D eigenvalue weighted by Gasteiger charge is -2.26. The summed E-state index contributed by atoms with van der Waals surface area (Å²) in [5.74, 6) is 1.00. The Morgan fingerprint density at radius 1 is 1.22 bits per heavy atom. The first-order valence-corrected chi connectivity index (χ1v) is 6.81. The third-order valence-electron chi connectivity index (χ3n) is 2.94. The highest BCUT2D eigenvalue weighted by Crippen LogP contribution is 2.20. The predicted octanol–water partition coefficient (Wildman–Crippen LogP) is 3.85. The standard InChI is InChI=1S/C16H27NO/c1-7-14(11-17-16(4,5)6)18-15-9-8-12(2)10-13(15)3/h8-10,14,17H,7,11H2,1-6H3. The number of nitrogens with one attached hydrogen (secondary N) is 1. The maximum atomic E-state index is 6.08. The van der Waals surface area contributed by atoms with Gasteiger partial charge in [-0.25, -0.2) is 0 Å². The number of ether oxygens (including phenoxy) is 1. The monoisotopic (exact) mass is 249 g/mol. The number of hydrogen-bond acceptors (Lipinski definition) is 2. The molecule has 0 fully saturated rings. The van der Waals surface area contributed by atoms with Gasteiger partial charge in [-0.2, -0.15) is 0 Å². The third kappa shape index (κ3) is 5.09. The Morgan fingerprint density at radius 2 is 1.89 bits per heavy atom. The van der Waals surface area contributed by atoms with Crippen molar-refractivity contribution in [3.8, 4) is 5.75 Å². The molecule has 0 aliphatic rings. The van der Waals surface area contributed by atoms with Crippen LogP contribution < -0.4 is 10.1 Å². The highest BCUT2D eigenvalue weighted by molar-refractivity contribution is 5.35. The molecule has 0 spiro atoms. The van der Waals surface area contributed by atoms with Crippen LogP contribution >= 0.6 is 0 Å². The van der Waals surface area contributed by atoms with E-state index < -0.39 is 0 Å². The Labute approximate surface area is 112 Å². The topological polar surface area (TPSA) is 21.3 Å². The minimum absolute atomic E-state index is 0.138. The van der Waals surface area contributed by atoms with Gasteiger partial charge in [-0.15, -0.1) is 0 Å². The highest BCUT2D eigenvalue weighted by atomic mass is 16.5. The molecule has 0 aliphatic carbocycles. The Hall–Kier alpha value is -1.02. The lowest BCUT2D eigenvalue weighted by molar-refractivity contribution is 0.180. The fraction of sp³-hybridized carbons (Fsp3) is 0.625. The first kappa shape index (κ1) is 15.0. The second kappa shape index (κ2) is 6.24. The molecule has 1 aromatic rings. The number of benzene rings is 1. The third-order valence-corrected chi connectivity index (χ3v) is 2.94. The van der Waals surface area contributed by atoms with Crippen LogP contribution in [-0.2, 0) is 0 Å². The Kier molecular flexibility index (Phi) is 5.21. The van der Waals surface area contributed by atoms with Crippen molar-refractivity contribution in [1.29, 1.82) is 0 Å². The van der Waals surface area contributed by atoms with E-state index in [1.54, 1.807) is 0 Å². The van der Waals surface area contributed by atoms with Crippen LogP contribution in [0.5, 0.6) is 5.75 Å². The fourth-order valence-corrected chi connectivity index (χ4v) is 1.80. The van der Waals surface area contributed by atoms with Crippen molar-refractivity contribution in [2.45, 2.75) is 59.6 Å². The van der Waals surface area contributed by atoms with Gasteiger partial charge >= 0.3 is 0 Å². The van der Waals surface area contributed by atoms with Gasteiger partial charge in [-0.3, -0.25) is 0 Å². The van der Waals surface area contributed by atoms with E-state index in [1.807, 2.05) is 0 Å². The molecular formula is C16H27NO. The summed E-state index contributed by atoms with van der Waals surface area (Å²) in [6.07, 6.45) is 1.24. The lowest BCUT2D eigenvalue weighted by atomic mass is 10.1. The molecule has 18 heavy (non-hydrogen) atoms. The van der Waals surface area contributed by atoms with E-state index in [-0.39, 0.29) is 11.6 Å². The van der Waals surface area contributed by atoms with Crippen LogP contribution in [0.3, 0.4) is 0 Å². The van der Waals surface area contributed by atoms with E-state index >= 15 is 0 Å². The second-order valence-electron chi connectivity index (χ2n) is 6.05. The average Bonchev–Trinajstić information content (AvgIpc) is 2.25. The first-order chi connectivity index (χ1) is 8.31. The van der Waals surface area contributed by atoms with Crippen molar-refractivity contribution < 1.29 is 4.74 Å². The molecule has 0 saturated carbocycles. The smallest absolute Gasteiger partial charge is 0.122 e. The zero-order chi connectivity index (χ0) is 13.8. The summed E-state index contributed by atoms with van der Waals surface area (Å²) in [5, 5.41) is 3.50. The molecule has 1 atom stereocenters. The normalized spacial score (nSPS) is 13.4. The van der Waals surface area contributed by atoms with Gasteiger partial charge < -0.3 is 10.1 Å². The number of rotatable bonds is 5. The van der Waals surface area contributed by atoms with E-state index in [0.29, 0.717) is 0 Å². The van der Waals surface area contributed by atoms with Crippen LogP contribution in [-0.4, -0.2) is 18.2 Å². The van der Waals surface area contributed by atoms with Crippen LogP contribution in [0, 0.1) is 13.8 Å². The van der Waals surface area contributed by atoms with Gasteiger partial charge in [-0.1, -0.05) is 24.6 Å². The molecule has 0 saturated heterocycles. The van der Waals surface area contributed by atoms with Crippen molar-refractivity contribution >= 4 is 0 Å². The zero-order valence-electron chi connectivity index (χ0n) is 12.6. The summed E-state index contributed by atoms with van der Waals surface area (Å²) in [4.78, 5) is 0. The SMILES string of the molecule is CCC(CNC(C)(C)C)Oc1ccc(C)cc1C. The highest BCUT2D eigenvalue weighted by Gasteiger charge is 2.14. The quantitative estimate of drug-likeness (QED) is 0.856. The van der Waals surface area contributed by atoms with E-state index in [2.05, 4.69) is 65.1 Å². The summed E-state index contributed by atoms with van der Waals surface area (Å²) >= 11 is 0. The predicted molar refractivity (Wildman–Crippen MR) is 78.4 cm³/mol. The number of aryl methyl sites for hydroxylation is 2. The van der Waals surface area contributed by atoms with Gasteiger partial charge in [-0.05, 0) is 52.7 Å². The number of hydrogen-bond donors (Lipinski definition) is 1. The summed E-state index contributed by atoms with van der Waals surface area (Å²) in [7, 11) is 0. The van der Waals surface area contributed by atoms with Crippen LogP contribution in [0.15, 0.2) is 18.2 Å². The van der Waals surface area contributed by atoms with E-state index in [1.165, 1.54) is 11.1 Å². The minimum atomic E-state index is 0.138. The van der Waals surface area contributed by atoms with E-state index in [4.69, 9.17) is 4.74 Å². The molecule has 1 N–H and O–H groups in total. The van der Waals surface area contributed by atoms with Gasteiger partial charge in [0.2, 0.25) is 0 Å². The molecular weight excluding hydrogens is 222 g/mol. The second-order valence-corrected chi connectivity index (χ2v) is 6.05. The minimum Gasteiger partial charge on any atom is -0.489 e. The van der Waals surface area contributed by atoms with Gasteiger partial charge in [0.25, 0.3) is 0 Å². The first-order valence-electron chi connectivity index (χ1n) is 6.81. The molecule has 1 aromatic carbocycles. The van der Waals surface area contributed by atoms with Crippen molar-refractivity contribution in [3.63, 3.8) is 0 Å². The summed E-state index contributed by atoms with van der Waals surface area (Å²) in [6.45, 7) is 13.8. The van der Waals surface area contributed by atoms with Crippen molar-refractivity contribution in [2.75, 3.05) is 6.54 Å². The summed E-state index contributed by atoms with van der Waals surface area (Å²) in [5.41, 5.74) is 2.63. The largest absolute Gasteiger partial charge is 0.489 e. The van der Waals surface area contributed by atoms with Crippen molar-refractivity contribution in [1.82, 2.24) is 5.32 Å². The molecule has 2 heteroatoms. The van der Waals surface area contributed by atoms with Crippen molar-refractivity contribution in [3.05, 3.63) is 29.3 Å². The van der Waals surface area contributed by atoms with Crippen LogP contribution in [0.1, 0.15) is 45.2 Å². The molecule has 0 aromatic heterocycles. The van der Waals surface area contributed by atoms with E-state index in [0.717, 1.165) is 18.7 Å². The molecule has 102 valence electrons. The van der Waals surface area contributed by atoms with Crippen LogP contribution in [0.25, 0.3) is 0 Å². The van der Waals surface area contributed by atoms with Gasteiger partial charge in [0, 0.05) is 12.1 Å². The summed E-state index contributed by atoms with van der Waals surface area (Å²) < 4.78 is 6.08. The van der Waals surface area contributed by atoms with E-state index in [9.17, 15) is 0 Å². The molecule has 0 radical (unpaired) electrons. The molecule has 0 amide bonds. The molecule has 2 nitrogen and oxygen atoms in total. The van der Waals surface area contributed by atoms with Crippen LogP contribution in [0.4, 0.5) is 0 Å². The Morgan fingerprint density at radius 3 is 2.39 bits per heavy atom. The maximum absolute atomic E-state index is 6.08. The average molecular weight is 249 g/mol. The van der Waals surface area contributed by atoms with Gasteiger partial charge in [0.1, 0.15) is 11.9 Å². The van der Waals surface area contributed by atoms with Crippen molar-refractivity contribution in [2.24, 2.45) is 0 Å². The van der Waals surface area contributed by atoms with Gasteiger partial charge in [0.15, 0.2) is 0 Å².